The number of ether oxygens (including phenoxy) is 1. The Hall–Kier alpha value is -1.74. The summed E-state index contributed by atoms with van der Waals surface area (Å²) < 4.78 is 7.22. The van der Waals surface area contributed by atoms with Crippen LogP contribution in [-0.4, -0.2) is 81.3 Å². The number of rotatable bonds is 4. The normalized spacial score (nSPS) is 23.6. The van der Waals surface area contributed by atoms with Gasteiger partial charge in [-0.3, -0.25) is 4.79 Å². The average Bonchev–Trinajstić information content (AvgIpc) is 3.08. The van der Waals surface area contributed by atoms with E-state index in [9.17, 15) is 4.79 Å². The monoisotopic (exact) mass is 309 g/mol. The van der Waals surface area contributed by atoms with Crippen molar-refractivity contribution in [2.45, 2.75) is 31.9 Å². The third-order valence-corrected chi connectivity index (χ3v) is 4.21. The fourth-order valence-corrected chi connectivity index (χ4v) is 3.04. The van der Waals surface area contributed by atoms with Crippen LogP contribution < -0.4 is 5.73 Å². The summed E-state index contributed by atoms with van der Waals surface area (Å²) in [6.07, 6.45) is 3.45. The Kier molecular flexibility index (Phi) is 4.84. The topological polar surface area (TPSA) is 102 Å². The van der Waals surface area contributed by atoms with Crippen LogP contribution >= 0.6 is 0 Å². The van der Waals surface area contributed by atoms with Gasteiger partial charge in [0.25, 0.3) is 0 Å². The molecule has 2 fully saturated rings. The van der Waals surface area contributed by atoms with Crippen LogP contribution in [-0.2, 0) is 16.1 Å². The lowest BCUT2D eigenvalue weighted by atomic mass is 10.3. The van der Waals surface area contributed by atoms with E-state index in [1.165, 1.54) is 17.5 Å². The number of nitrogens with two attached hydrogens (primary N) is 1. The largest absolute Gasteiger partial charge is 0.375 e. The predicted octanol–water partition coefficient (Wildman–Crippen LogP) is -1.03. The molecule has 0 saturated carbocycles. The molecule has 2 saturated heterocycles. The van der Waals surface area contributed by atoms with Crippen LogP contribution in [0.15, 0.2) is 0 Å². The third-order valence-electron chi connectivity index (χ3n) is 4.21. The van der Waals surface area contributed by atoms with E-state index in [1.54, 1.807) is 0 Å². The number of nitrogens with zero attached hydrogens (tertiary/aromatic N) is 6. The molecule has 9 nitrogen and oxygen atoms in total. The summed E-state index contributed by atoms with van der Waals surface area (Å²) in [5.41, 5.74) is 5.61. The van der Waals surface area contributed by atoms with E-state index < -0.39 is 0 Å². The highest BCUT2D eigenvalue weighted by atomic mass is 16.5. The lowest BCUT2D eigenvalue weighted by molar-refractivity contribution is -0.133. The lowest BCUT2D eigenvalue weighted by Gasteiger charge is -2.27. The second-order valence-corrected chi connectivity index (χ2v) is 5.89. The number of nitrogen functional groups attached to an aromatic ring is 1. The number of aromatic nitrogens is 4. The molecule has 1 aromatic rings. The number of likely N-dealkylation sites (tertiary alicyclic amines) is 1. The Morgan fingerprint density at radius 1 is 1.27 bits per heavy atom. The number of anilines is 1. The molecule has 9 heteroatoms. The summed E-state index contributed by atoms with van der Waals surface area (Å²) in [6.45, 7) is 5.28. The van der Waals surface area contributed by atoms with E-state index in [4.69, 9.17) is 10.5 Å². The minimum atomic E-state index is -0.0177. The molecule has 0 spiro atoms. The van der Waals surface area contributed by atoms with Gasteiger partial charge < -0.3 is 20.3 Å². The van der Waals surface area contributed by atoms with Crippen LogP contribution in [0.5, 0.6) is 0 Å². The van der Waals surface area contributed by atoms with Gasteiger partial charge in [0.1, 0.15) is 6.54 Å². The Morgan fingerprint density at radius 3 is 2.82 bits per heavy atom. The summed E-state index contributed by atoms with van der Waals surface area (Å²) in [6, 6.07) is 0. The standard InChI is InChI=1S/C13H23N7O2/c14-13-15-16-17-20(13)10-12(21)19-6-3-7-22-11(9-19)8-18-4-1-2-5-18/h11H,1-10H2,(H2,14,15,17). The molecule has 0 aromatic carbocycles. The quantitative estimate of drug-likeness (QED) is 0.758. The zero-order valence-corrected chi connectivity index (χ0v) is 12.7. The lowest BCUT2D eigenvalue weighted by Crippen LogP contribution is -2.43. The molecule has 2 aliphatic heterocycles. The second kappa shape index (κ2) is 7.01. The minimum Gasteiger partial charge on any atom is -0.375 e. The molecule has 0 radical (unpaired) electrons. The molecule has 1 unspecified atom stereocenters. The number of amides is 1. The summed E-state index contributed by atoms with van der Waals surface area (Å²) in [4.78, 5) is 16.7. The molecule has 22 heavy (non-hydrogen) atoms. The first-order valence-corrected chi connectivity index (χ1v) is 7.86. The van der Waals surface area contributed by atoms with Crippen molar-refractivity contribution in [3.05, 3.63) is 0 Å². The average molecular weight is 309 g/mol. The number of hydrogen-bond donors (Lipinski definition) is 1. The number of carbonyl (C=O) groups is 1. The molecule has 1 atom stereocenters. The van der Waals surface area contributed by atoms with E-state index in [-0.39, 0.29) is 24.5 Å². The smallest absolute Gasteiger partial charge is 0.244 e. The maximum atomic E-state index is 12.4. The fourth-order valence-electron chi connectivity index (χ4n) is 3.04. The number of carbonyl (C=O) groups excluding carboxylic acids is 1. The van der Waals surface area contributed by atoms with Crippen molar-refractivity contribution in [3.8, 4) is 0 Å². The zero-order chi connectivity index (χ0) is 15.4. The first-order valence-electron chi connectivity index (χ1n) is 7.86. The van der Waals surface area contributed by atoms with Crippen molar-refractivity contribution in [1.82, 2.24) is 30.0 Å². The van der Waals surface area contributed by atoms with Crippen molar-refractivity contribution in [2.75, 3.05) is 45.1 Å². The fraction of sp³-hybridized carbons (Fsp3) is 0.846. The summed E-state index contributed by atoms with van der Waals surface area (Å²) >= 11 is 0. The Balaban J connectivity index is 1.56. The SMILES string of the molecule is Nc1nnnn1CC(=O)N1CCCOC(CN2CCCC2)C1. The van der Waals surface area contributed by atoms with Gasteiger partial charge in [0.15, 0.2) is 0 Å². The minimum absolute atomic E-state index is 0.0177. The van der Waals surface area contributed by atoms with Gasteiger partial charge >= 0.3 is 0 Å². The van der Waals surface area contributed by atoms with Crippen LogP contribution in [0.1, 0.15) is 19.3 Å². The Labute approximate surface area is 129 Å². The predicted molar refractivity (Wildman–Crippen MR) is 78.8 cm³/mol. The van der Waals surface area contributed by atoms with E-state index >= 15 is 0 Å². The van der Waals surface area contributed by atoms with E-state index in [0.29, 0.717) is 19.7 Å². The van der Waals surface area contributed by atoms with E-state index in [0.717, 1.165) is 26.1 Å². The summed E-state index contributed by atoms with van der Waals surface area (Å²) in [5, 5.41) is 10.8. The Morgan fingerprint density at radius 2 is 2.09 bits per heavy atom. The molecule has 0 bridgehead atoms. The van der Waals surface area contributed by atoms with Gasteiger partial charge in [-0.05, 0) is 42.8 Å². The summed E-state index contributed by atoms with van der Waals surface area (Å²) in [7, 11) is 0. The highest BCUT2D eigenvalue weighted by Gasteiger charge is 2.25. The van der Waals surface area contributed by atoms with Gasteiger partial charge in [0, 0.05) is 26.2 Å². The van der Waals surface area contributed by atoms with Gasteiger partial charge in [0.05, 0.1) is 6.10 Å². The van der Waals surface area contributed by atoms with Crippen molar-refractivity contribution >= 4 is 11.9 Å². The van der Waals surface area contributed by atoms with Gasteiger partial charge in [-0.25, -0.2) is 4.68 Å². The van der Waals surface area contributed by atoms with Crippen molar-refractivity contribution < 1.29 is 9.53 Å². The van der Waals surface area contributed by atoms with Crippen molar-refractivity contribution in [2.24, 2.45) is 0 Å². The molecular formula is C13H23N7O2. The van der Waals surface area contributed by atoms with E-state index in [1.807, 2.05) is 4.90 Å². The third kappa shape index (κ3) is 3.72. The van der Waals surface area contributed by atoms with Gasteiger partial charge in [-0.15, -0.1) is 0 Å². The number of tetrazole rings is 1. The first kappa shape index (κ1) is 15.2. The van der Waals surface area contributed by atoms with Crippen LogP contribution in [0.2, 0.25) is 0 Å². The molecule has 0 aliphatic carbocycles. The van der Waals surface area contributed by atoms with Crippen LogP contribution in [0, 0.1) is 0 Å². The molecule has 1 aromatic heterocycles. The Bertz CT molecular complexity index is 500. The maximum Gasteiger partial charge on any atom is 0.244 e. The van der Waals surface area contributed by atoms with Crippen molar-refractivity contribution in [1.29, 1.82) is 0 Å². The number of hydrogen-bond acceptors (Lipinski definition) is 7. The second-order valence-electron chi connectivity index (χ2n) is 5.89. The maximum absolute atomic E-state index is 12.4. The van der Waals surface area contributed by atoms with Gasteiger partial charge in [0.2, 0.25) is 11.9 Å². The van der Waals surface area contributed by atoms with Gasteiger partial charge in [-0.1, -0.05) is 5.10 Å². The molecule has 2 aliphatic rings. The van der Waals surface area contributed by atoms with E-state index in [2.05, 4.69) is 20.4 Å². The molecular weight excluding hydrogens is 286 g/mol. The highest BCUT2D eigenvalue weighted by molar-refractivity contribution is 5.76. The first-order chi connectivity index (χ1) is 10.7. The molecule has 1 amide bonds. The van der Waals surface area contributed by atoms with Crippen molar-refractivity contribution in [3.63, 3.8) is 0 Å². The van der Waals surface area contributed by atoms with Crippen LogP contribution in [0.4, 0.5) is 5.95 Å². The molecule has 2 N–H and O–H groups in total. The molecule has 122 valence electrons. The zero-order valence-electron chi connectivity index (χ0n) is 12.7. The van der Waals surface area contributed by atoms with Crippen LogP contribution in [0.25, 0.3) is 0 Å². The van der Waals surface area contributed by atoms with Gasteiger partial charge in [-0.2, -0.15) is 0 Å². The molecule has 3 heterocycles. The summed E-state index contributed by atoms with van der Waals surface area (Å²) in [5.74, 6) is 0.143. The highest BCUT2D eigenvalue weighted by Crippen LogP contribution is 2.13. The van der Waals surface area contributed by atoms with Crippen LogP contribution in [0.3, 0.4) is 0 Å². The molecule has 3 rings (SSSR count).